The Balaban J connectivity index is 1.39. The quantitative estimate of drug-likeness (QED) is 0.713. The van der Waals surface area contributed by atoms with Crippen LogP contribution in [0.3, 0.4) is 0 Å². The van der Waals surface area contributed by atoms with E-state index in [1.165, 1.54) is 0 Å². The molecule has 1 spiro atoms. The van der Waals surface area contributed by atoms with Gasteiger partial charge in [0.2, 0.25) is 5.91 Å². The molecule has 1 unspecified atom stereocenters. The number of rotatable bonds is 6. The summed E-state index contributed by atoms with van der Waals surface area (Å²) in [5, 5.41) is 2.72. The van der Waals surface area contributed by atoms with Crippen LogP contribution in [0.15, 0.2) is 54.6 Å². The van der Waals surface area contributed by atoms with Gasteiger partial charge in [-0.25, -0.2) is 4.79 Å². The third kappa shape index (κ3) is 3.28. The van der Waals surface area contributed by atoms with Gasteiger partial charge in [-0.3, -0.25) is 19.3 Å². The Bertz CT molecular complexity index is 1110. The van der Waals surface area contributed by atoms with E-state index < -0.39 is 17.5 Å². The SMILES string of the molecule is C[C@@H](C1CC1)N(Cc1ccccc1)C(=O)CN1C(=O)NC2(CC(=O)c3ccccc32)C1=O. The van der Waals surface area contributed by atoms with Crippen molar-refractivity contribution in [2.75, 3.05) is 6.54 Å². The van der Waals surface area contributed by atoms with Crippen LogP contribution in [-0.2, 0) is 21.7 Å². The highest BCUT2D eigenvalue weighted by molar-refractivity contribution is 6.16. The first kappa shape index (κ1) is 20.4. The standard InChI is InChI=1S/C25H25N3O4/c1-16(18-11-12-18)27(14-17-7-3-2-4-8-17)22(30)15-28-23(31)25(26-24(28)32)13-21(29)19-9-5-6-10-20(19)25/h2-10,16,18H,11-15H2,1H3,(H,26,32)/t16-,25?/m0/s1. The second-order valence-corrected chi connectivity index (χ2v) is 8.96. The van der Waals surface area contributed by atoms with E-state index in [4.69, 9.17) is 0 Å². The maximum atomic E-state index is 13.4. The van der Waals surface area contributed by atoms with Crippen LogP contribution in [-0.4, -0.2) is 46.0 Å². The van der Waals surface area contributed by atoms with Gasteiger partial charge in [0.1, 0.15) is 6.54 Å². The lowest BCUT2D eigenvalue weighted by atomic mass is 9.92. The molecule has 1 N–H and O–H groups in total. The molecule has 7 heteroatoms. The van der Waals surface area contributed by atoms with Gasteiger partial charge in [0.15, 0.2) is 11.3 Å². The van der Waals surface area contributed by atoms with Crippen molar-refractivity contribution >= 4 is 23.6 Å². The van der Waals surface area contributed by atoms with E-state index in [1.54, 1.807) is 29.2 Å². The summed E-state index contributed by atoms with van der Waals surface area (Å²) in [6.45, 7) is 2.11. The van der Waals surface area contributed by atoms with Crippen LogP contribution in [0, 0.1) is 5.92 Å². The number of benzene rings is 2. The van der Waals surface area contributed by atoms with Gasteiger partial charge >= 0.3 is 6.03 Å². The third-order valence-electron chi connectivity index (χ3n) is 6.89. The average Bonchev–Trinajstić information content (AvgIpc) is 3.57. The molecule has 3 aliphatic rings. The minimum absolute atomic E-state index is 0.0196. The summed E-state index contributed by atoms with van der Waals surface area (Å²) >= 11 is 0. The Morgan fingerprint density at radius 2 is 1.78 bits per heavy atom. The van der Waals surface area contributed by atoms with Gasteiger partial charge in [-0.1, -0.05) is 54.6 Å². The summed E-state index contributed by atoms with van der Waals surface area (Å²) in [5.74, 6) is -0.550. The minimum atomic E-state index is -1.41. The van der Waals surface area contributed by atoms with E-state index in [0.717, 1.165) is 23.3 Å². The Morgan fingerprint density at radius 3 is 2.50 bits per heavy atom. The molecule has 0 aromatic heterocycles. The largest absolute Gasteiger partial charge is 0.334 e. The third-order valence-corrected chi connectivity index (χ3v) is 6.89. The van der Waals surface area contributed by atoms with Crippen LogP contribution in [0.5, 0.6) is 0 Å². The molecule has 32 heavy (non-hydrogen) atoms. The highest BCUT2D eigenvalue weighted by Gasteiger charge is 2.58. The zero-order valence-electron chi connectivity index (χ0n) is 17.9. The van der Waals surface area contributed by atoms with Crippen molar-refractivity contribution in [2.24, 2.45) is 5.92 Å². The second-order valence-electron chi connectivity index (χ2n) is 8.96. The number of Topliss-reactive ketones (excluding diaryl/α,β-unsaturated/α-hetero) is 1. The van der Waals surface area contributed by atoms with E-state index in [0.29, 0.717) is 23.6 Å². The van der Waals surface area contributed by atoms with E-state index in [1.807, 2.05) is 37.3 Å². The van der Waals surface area contributed by atoms with E-state index in [-0.39, 0.29) is 30.7 Å². The normalized spacial score (nSPS) is 22.8. The fourth-order valence-corrected chi connectivity index (χ4v) is 4.90. The fourth-order valence-electron chi connectivity index (χ4n) is 4.90. The Kier molecular flexibility index (Phi) is 4.84. The van der Waals surface area contributed by atoms with Crippen molar-refractivity contribution < 1.29 is 19.2 Å². The van der Waals surface area contributed by atoms with Crippen molar-refractivity contribution in [3.8, 4) is 0 Å². The number of hydrogen-bond donors (Lipinski definition) is 1. The Hall–Kier alpha value is -3.48. The fraction of sp³-hybridized carbons (Fsp3) is 0.360. The molecule has 7 nitrogen and oxygen atoms in total. The summed E-state index contributed by atoms with van der Waals surface area (Å²) in [7, 11) is 0. The lowest BCUT2D eigenvalue weighted by Gasteiger charge is -2.31. The number of nitrogens with one attached hydrogen (secondary N) is 1. The number of amides is 4. The molecule has 2 fully saturated rings. The molecule has 2 aromatic rings. The predicted octanol–water partition coefficient (Wildman–Crippen LogP) is 2.85. The van der Waals surface area contributed by atoms with Crippen LogP contribution < -0.4 is 5.32 Å². The first-order valence-electron chi connectivity index (χ1n) is 11.0. The molecular weight excluding hydrogens is 406 g/mol. The van der Waals surface area contributed by atoms with Crippen molar-refractivity contribution in [1.82, 2.24) is 15.1 Å². The lowest BCUT2D eigenvalue weighted by Crippen LogP contribution is -2.47. The maximum Gasteiger partial charge on any atom is 0.325 e. The number of urea groups is 1. The molecule has 1 saturated heterocycles. The maximum absolute atomic E-state index is 13.4. The van der Waals surface area contributed by atoms with Gasteiger partial charge in [-0.2, -0.15) is 0 Å². The summed E-state index contributed by atoms with van der Waals surface area (Å²) < 4.78 is 0. The first-order chi connectivity index (χ1) is 15.4. The van der Waals surface area contributed by atoms with Crippen LogP contribution in [0.2, 0.25) is 0 Å². The number of imide groups is 1. The van der Waals surface area contributed by atoms with Crippen molar-refractivity contribution in [3.63, 3.8) is 0 Å². The summed E-state index contributed by atoms with van der Waals surface area (Å²) in [4.78, 5) is 54.8. The van der Waals surface area contributed by atoms with Gasteiger partial charge in [0, 0.05) is 24.6 Å². The molecule has 0 bridgehead atoms. The summed E-state index contributed by atoms with van der Waals surface area (Å²) in [6, 6.07) is 15.9. The van der Waals surface area contributed by atoms with Crippen LogP contribution in [0.1, 0.15) is 47.7 Å². The number of nitrogens with zero attached hydrogens (tertiary/aromatic N) is 2. The van der Waals surface area contributed by atoms with Crippen LogP contribution in [0.25, 0.3) is 0 Å². The van der Waals surface area contributed by atoms with Gasteiger partial charge < -0.3 is 10.2 Å². The van der Waals surface area contributed by atoms with E-state index >= 15 is 0 Å². The van der Waals surface area contributed by atoms with Crippen molar-refractivity contribution in [1.29, 1.82) is 0 Å². The minimum Gasteiger partial charge on any atom is -0.334 e. The molecule has 5 rings (SSSR count). The smallest absolute Gasteiger partial charge is 0.325 e. The number of carbonyl (C=O) groups excluding carboxylic acids is 4. The van der Waals surface area contributed by atoms with E-state index in [2.05, 4.69) is 5.32 Å². The molecule has 164 valence electrons. The molecule has 0 radical (unpaired) electrons. The zero-order chi connectivity index (χ0) is 22.5. The molecule has 2 aromatic carbocycles. The molecule has 1 heterocycles. The number of hydrogen-bond acceptors (Lipinski definition) is 4. The molecule has 2 atom stereocenters. The van der Waals surface area contributed by atoms with E-state index in [9.17, 15) is 19.2 Å². The molecular formula is C25H25N3O4. The Labute approximate surface area is 186 Å². The topological polar surface area (TPSA) is 86.8 Å². The average molecular weight is 431 g/mol. The van der Waals surface area contributed by atoms with Crippen molar-refractivity contribution in [2.45, 2.75) is 44.3 Å². The molecule has 2 aliphatic carbocycles. The molecule has 4 amide bonds. The van der Waals surface area contributed by atoms with Gasteiger partial charge in [0.05, 0.1) is 0 Å². The van der Waals surface area contributed by atoms with Crippen LogP contribution >= 0.6 is 0 Å². The lowest BCUT2D eigenvalue weighted by molar-refractivity contribution is -0.141. The predicted molar refractivity (Wildman–Crippen MR) is 116 cm³/mol. The summed E-state index contributed by atoms with van der Waals surface area (Å²) in [5.41, 5.74) is 0.544. The van der Waals surface area contributed by atoms with Gasteiger partial charge in [-0.15, -0.1) is 0 Å². The highest BCUT2D eigenvalue weighted by Crippen LogP contribution is 2.41. The highest BCUT2D eigenvalue weighted by atomic mass is 16.2. The number of carbonyl (C=O) groups is 4. The number of ketones is 1. The van der Waals surface area contributed by atoms with Crippen LogP contribution in [0.4, 0.5) is 4.79 Å². The summed E-state index contributed by atoms with van der Waals surface area (Å²) in [6.07, 6.45) is 2.03. The van der Waals surface area contributed by atoms with Gasteiger partial charge in [0.25, 0.3) is 5.91 Å². The van der Waals surface area contributed by atoms with Crippen molar-refractivity contribution in [3.05, 3.63) is 71.3 Å². The van der Waals surface area contributed by atoms with Gasteiger partial charge in [-0.05, 0) is 36.8 Å². The zero-order valence-corrected chi connectivity index (χ0v) is 17.9. The monoisotopic (exact) mass is 431 g/mol. The second kappa shape index (κ2) is 7.58. The Morgan fingerprint density at radius 1 is 1.09 bits per heavy atom. The first-order valence-corrected chi connectivity index (χ1v) is 11.0. The number of fused-ring (bicyclic) bond motifs is 2. The molecule has 1 saturated carbocycles. The molecule has 1 aliphatic heterocycles.